The van der Waals surface area contributed by atoms with Gasteiger partial charge in [-0.1, -0.05) is 59.8 Å². The summed E-state index contributed by atoms with van der Waals surface area (Å²) in [5, 5.41) is 3.42. The Hall–Kier alpha value is -3.74. The van der Waals surface area contributed by atoms with E-state index >= 15 is 0 Å². The van der Waals surface area contributed by atoms with E-state index in [-0.39, 0.29) is 16.6 Å². The molecule has 0 aliphatic carbocycles. The summed E-state index contributed by atoms with van der Waals surface area (Å²) in [5.41, 5.74) is 3.23. The van der Waals surface area contributed by atoms with Crippen LogP contribution in [0.1, 0.15) is 24.1 Å². The Morgan fingerprint density at radius 2 is 1.80 bits per heavy atom. The Balaban J connectivity index is 0.000000276. The van der Waals surface area contributed by atoms with E-state index in [0.29, 0.717) is 6.54 Å². The average molecular weight is 660 g/mol. The zero-order valence-corrected chi connectivity index (χ0v) is 27.6. The summed E-state index contributed by atoms with van der Waals surface area (Å²) >= 11 is 3.27. The molecule has 45 heavy (non-hydrogen) atoms. The number of thioether (sulfide) groups is 1. The molecule has 2 aromatic heterocycles. The van der Waals surface area contributed by atoms with Gasteiger partial charge in [-0.15, -0.1) is 11.3 Å². The van der Waals surface area contributed by atoms with Gasteiger partial charge in [0.1, 0.15) is 31.4 Å². The Kier molecular flexibility index (Phi) is 8.98. The molecule has 0 bridgehead atoms. The number of hydrogen-bond donors (Lipinski definition) is 0. The highest BCUT2D eigenvalue weighted by atomic mass is 32.2. The van der Waals surface area contributed by atoms with Crippen molar-refractivity contribution in [3.05, 3.63) is 116 Å². The van der Waals surface area contributed by atoms with Gasteiger partial charge in [-0.3, -0.25) is 9.36 Å². The number of benzene rings is 3. The summed E-state index contributed by atoms with van der Waals surface area (Å²) in [6, 6.07) is 24.7. The van der Waals surface area contributed by atoms with Crippen molar-refractivity contribution >= 4 is 60.8 Å². The Morgan fingerprint density at radius 1 is 1.04 bits per heavy atom. The predicted molar refractivity (Wildman–Crippen MR) is 179 cm³/mol. The van der Waals surface area contributed by atoms with Crippen LogP contribution in [-0.2, 0) is 28.4 Å². The fourth-order valence-corrected chi connectivity index (χ4v) is 8.38. The molecular weight excluding hydrogens is 627 g/mol. The largest absolute Gasteiger partial charge is 0.744 e. The van der Waals surface area contributed by atoms with Crippen LogP contribution in [0.4, 0.5) is 5.69 Å². The maximum Gasteiger partial charge on any atom is 0.271 e. The molecule has 1 fully saturated rings. The van der Waals surface area contributed by atoms with Crippen LogP contribution < -0.4 is 24.2 Å². The lowest BCUT2D eigenvalue weighted by atomic mass is 10.1. The van der Waals surface area contributed by atoms with E-state index in [4.69, 9.17) is 4.74 Å². The molecule has 4 heterocycles. The van der Waals surface area contributed by atoms with Crippen LogP contribution in [0.5, 0.6) is 0 Å². The lowest BCUT2D eigenvalue weighted by Crippen LogP contribution is -2.37. The van der Waals surface area contributed by atoms with Crippen LogP contribution in [0.3, 0.4) is 0 Å². The van der Waals surface area contributed by atoms with E-state index in [9.17, 15) is 17.8 Å². The molecule has 0 N–H and O–H groups in total. The fraction of sp³-hybridized carbons (Fsp3) is 0.235. The summed E-state index contributed by atoms with van der Waals surface area (Å²) in [6.07, 6.45) is 6.30. The number of anilines is 1. The predicted octanol–water partition coefficient (Wildman–Crippen LogP) is 4.10. The van der Waals surface area contributed by atoms with Crippen LogP contribution in [0.25, 0.3) is 21.9 Å². The molecule has 1 atom stereocenters. The molecule has 2 aliphatic heterocycles. The maximum atomic E-state index is 13.8. The van der Waals surface area contributed by atoms with Crippen LogP contribution in [0, 0.1) is 6.92 Å². The maximum absolute atomic E-state index is 13.8. The summed E-state index contributed by atoms with van der Waals surface area (Å²) < 4.78 is 42.8. The Labute approximate surface area is 270 Å². The third-order valence-electron chi connectivity index (χ3n) is 7.90. The van der Waals surface area contributed by atoms with Crippen molar-refractivity contribution in [2.24, 2.45) is 7.05 Å². The molecule has 1 saturated heterocycles. The highest BCUT2D eigenvalue weighted by Gasteiger charge is 2.27. The van der Waals surface area contributed by atoms with Gasteiger partial charge in [-0.2, -0.15) is 0 Å². The molecule has 232 valence electrons. The van der Waals surface area contributed by atoms with E-state index in [1.54, 1.807) is 35.2 Å². The van der Waals surface area contributed by atoms with Crippen LogP contribution in [0.2, 0.25) is 0 Å². The molecular formula is C34H33N3O5S3. The lowest BCUT2D eigenvalue weighted by Gasteiger charge is -2.15. The van der Waals surface area contributed by atoms with Gasteiger partial charge in [0.25, 0.3) is 5.56 Å². The van der Waals surface area contributed by atoms with E-state index in [1.165, 1.54) is 33.5 Å². The molecule has 0 saturated carbocycles. The molecule has 11 heteroatoms. The third-order valence-corrected chi connectivity index (χ3v) is 11.2. The zero-order valence-electron chi connectivity index (χ0n) is 25.2. The summed E-state index contributed by atoms with van der Waals surface area (Å²) in [7, 11) is -0.168. The highest BCUT2D eigenvalue weighted by Crippen LogP contribution is 2.48. The standard InChI is InChI=1S/C27H26N3O2S2.C7H8O3S/c1-28-14-6-5-9-19(28)16-23-30(17-20-10-7-15-32-20)26(31)25(34-23)27-29(2)24-21-11-4-3-8-18(21)12-13-22(24)33-27;1-6-2-4-7(5-3-6)11(8,9)10/h3-6,8-9,11-14,16,20H,7,10,15,17H2,1-2H3;2-5H,1H3,(H,8,9,10)/q+1;/p-1/b27-25-;. The Bertz CT molecular complexity index is 2170. The quantitative estimate of drug-likeness (QED) is 0.212. The van der Waals surface area contributed by atoms with Crippen molar-refractivity contribution < 1.29 is 22.3 Å². The van der Waals surface area contributed by atoms with Crippen LogP contribution in [-0.4, -0.2) is 37.3 Å². The highest BCUT2D eigenvalue weighted by molar-refractivity contribution is 8.08. The van der Waals surface area contributed by atoms with Gasteiger partial charge >= 0.3 is 0 Å². The van der Waals surface area contributed by atoms with E-state index < -0.39 is 10.1 Å². The van der Waals surface area contributed by atoms with Gasteiger partial charge in [-0.25, -0.2) is 13.0 Å². The number of hydrogen-bond acceptors (Lipinski definition) is 8. The number of aromatic nitrogens is 2. The number of fused-ring (bicyclic) bond motifs is 3. The van der Waals surface area contributed by atoms with Crippen molar-refractivity contribution in [1.29, 1.82) is 0 Å². The van der Waals surface area contributed by atoms with Crippen molar-refractivity contribution in [1.82, 2.24) is 4.57 Å². The van der Waals surface area contributed by atoms with Gasteiger partial charge in [0.05, 0.1) is 23.2 Å². The number of rotatable bonds is 4. The number of pyridine rings is 1. The molecule has 3 aromatic carbocycles. The summed E-state index contributed by atoms with van der Waals surface area (Å²) in [5.74, 6) is 0. The first-order chi connectivity index (χ1) is 21.6. The number of thiazole rings is 1. The van der Waals surface area contributed by atoms with Crippen LogP contribution in [0.15, 0.2) is 99.6 Å². The second-order valence-corrected chi connectivity index (χ2v) is 14.5. The smallest absolute Gasteiger partial charge is 0.271 e. The molecule has 2 aliphatic rings. The molecule has 7 rings (SSSR count). The van der Waals surface area contributed by atoms with Crippen LogP contribution >= 0.6 is 23.1 Å². The van der Waals surface area contributed by atoms with E-state index in [2.05, 4.69) is 65.1 Å². The second kappa shape index (κ2) is 12.9. The van der Waals surface area contributed by atoms with Crippen molar-refractivity contribution in [2.75, 3.05) is 18.6 Å². The second-order valence-electron chi connectivity index (χ2n) is 11.1. The summed E-state index contributed by atoms with van der Waals surface area (Å²) in [4.78, 5) is 17.0. The zero-order chi connectivity index (χ0) is 31.7. The molecule has 0 spiro atoms. The fourth-order valence-electron chi connectivity index (χ4n) is 5.49. The first-order valence-electron chi connectivity index (χ1n) is 14.6. The topological polar surface area (TPSA) is 95.6 Å². The first-order valence-corrected chi connectivity index (χ1v) is 17.6. The first kappa shape index (κ1) is 31.3. The van der Waals surface area contributed by atoms with Gasteiger partial charge in [0, 0.05) is 42.1 Å². The summed E-state index contributed by atoms with van der Waals surface area (Å²) in [6.45, 7) is 3.19. The lowest BCUT2D eigenvalue weighted by molar-refractivity contribution is -0.673. The van der Waals surface area contributed by atoms with Gasteiger partial charge < -0.3 is 14.2 Å². The molecule has 8 nitrogen and oxygen atoms in total. The molecule has 0 radical (unpaired) electrons. The number of nitrogens with zero attached hydrogens (tertiary/aromatic N) is 3. The van der Waals surface area contributed by atoms with E-state index in [0.717, 1.165) is 44.9 Å². The van der Waals surface area contributed by atoms with E-state index in [1.807, 2.05) is 36.9 Å². The minimum Gasteiger partial charge on any atom is -0.744 e. The van der Waals surface area contributed by atoms with Crippen molar-refractivity contribution in [2.45, 2.75) is 42.2 Å². The van der Waals surface area contributed by atoms with Crippen molar-refractivity contribution in [3.63, 3.8) is 0 Å². The van der Waals surface area contributed by atoms with Gasteiger partial charge in [0.15, 0.2) is 6.20 Å². The van der Waals surface area contributed by atoms with Gasteiger partial charge in [-0.05, 0) is 49.4 Å². The Morgan fingerprint density at radius 3 is 2.51 bits per heavy atom. The number of aryl methyl sites for hydroxylation is 2. The molecule has 0 amide bonds. The van der Waals surface area contributed by atoms with Gasteiger partial charge in [0.2, 0.25) is 5.69 Å². The van der Waals surface area contributed by atoms with Crippen molar-refractivity contribution in [3.8, 4) is 0 Å². The molecule has 1 unspecified atom stereocenters. The number of ether oxygens (including phenoxy) is 1. The SMILES string of the molecule is CN1/C(=c2/s/c(=C/c3cccc[n+]3C)n(CC3CCCO3)c2=O)Sc2ccc3ccccc3c21.Cc1ccc(S(=O)(=O)[O-])cc1. The normalized spacial score (nSPS) is 17.8. The third kappa shape index (κ3) is 6.63. The average Bonchev–Trinajstić information content (AvgIpc) is 3.73. The minimum absolute atomic E-state index is 0.0665. The molecule has 5 aromatic rings. The monoisotopic (exact) mass is 659 g/mol. The minimum atomic E-state index is -4.27.